The van der Waals surface area contributed by atoms with Crippen LogP contribution in [-0.4, -0.2) is 17.0 Å². The van der Waals surface area contributed by atoms with Crippen LogP contribution in [0.5, 0.6) is 0 Å². The maximum absolute atomic E-state index is 5.63. The molecule has 0 bridgehead atoms. The number of nitrogens with one attached hydrogen (secondary N) is 1. The van der Waals surface area contributed by atoms with Crippen molar-refractivity contribution in [3.63, 3.8) is 0 Å². The first-order valence-corrected chi connectivity index (χ1v) is 8.01. The molecule has 0 aromatic carbocycles. The summed E-state index contributed by atoms with van der Waals surface area (Å²) < 4.78 is 0. The van der Waals surface area contributed by atoms with Gasteiger partial charge >= 0.3 is 0 Å². The molecule has 3 N–H and O–H groups in total. The van der Waals surface area contributed by atoms with E-state index in [0.29, 0.717) is 6.04 Å². The van der Waals surface area contributed by atoms with E-state index in [9.17, 15) is 0 Å². The molecule has 2 aliphatic rings. The normalized spacial score (nSPS) is 24.6. The Bertz CT molecular complexity index is 188. The number of hydrogen-bond donors (Lipinski definition) is 2. The standard InChI is InChI=1S/C13H26N2S/c14-15-12(9-8-11-6-7-11)10-16-13-4-2-1-3-5-13/h11-13,15H,1-10,14H2. The smallest absolute Gasteiger partial charge is 0.0301 e. The van der Waals surface area contributed by atoms with E-state index in [4.69, 9.17) is 5.84 Å². The van der Waals surface area contributed by atoms with Crippen LogP contribution in [0.25, 0.3) is 0 Å². The van der Waals surface area contributed by atoms with Crippen molar-refractivity contribution in [2.24, 2.45) is 11.8 Å². The molecular weight excluding hydrogens is 216 g/mol. The maximum Gasteiger partial charge on any atom is 0.0301 e. The largest absolute Gasteiger partial charge is 0.271 e. The molecule has 0 heterocycles. The molecular formula is C13H26N2S. The van der Waals surface area contributed by atoms with Gasteiger partial charge < -0.3 is 0 Å². The Hall–Kier alpha value is 0.270. The van der Waals surface area contributed by atoms with E-state index in [1.165, 1.54) is 63.5 Å². The second kappa shape index (κ2) is 6.87. The van der Waals surface area contributed by atoms with Crippen molar-refractivity contribution in [3.8, 4) is 0 Å². The van der Waals surface area contributed by atoms with Gasteiger partial charge in [0.25, 0.3) is 0 Å². The topological polar surface area (TPSA) is 38.0 Å². The molecule has 94 valence electrons. The van der Waals surface area contributed by atoms with Crippen LogP contribution >= 0.6 is 11.8 Å². The molecule has 2 fully saturated rings. The summed E-state index contributed by atoms with van der Waals surface area (Å²) in [5.74, 6) is 7.89. The van der Waals surface area contributed by atoms with Crippen molar-refractivity contribution in [3.05, 3.63) is 0 Å². The number of hydrogen-bond acceptors (Lipinski definition) is 3. The summed E-state index contributed by atoms with van der Waals surface area (Å²) in [5, 5.41) is 0.922. The second-order valence-electron chi connectivity index (χ2n) is 5.48. The maximum atomic E-state index is 5.63. The highest BCUT2D eigenvalue weighted by molar-refractivity contribution is 7.99. The lowest BCUT2D eigenvalue weighted by Crippen LogP contribution is -2.37. The van der Waals surface area contributed by atoms with E-state index >= 15 is 0 Å². The van der Waals surface area contributed by atoms with E-state index < -0.39 is 0 Å². The third kappa shape index (κ3) is 4.64. The Morgan fingerprint density at radius 1 is 1.12 bits per heavy atom. The van der Waals surface area contributed by atoms with Gasteiger partial charge in [-0.2, -0.15) is 11.8 Å². The quantitative estimate of drug-likeness (QED) is 0.532. The highest BCUT2D eigenvalue weighted by Crippen LogP contribution is 2.34. The Kier molecular flexibility index (Phi) is 5.46. The molecule has 1 unspecified atom stereocenters. The first-order chi connectivity index (χ1) is 7.88. The van der Waals surface area contributed by atoms with E-state index in [1.807, 2.05) is 0 Å². The van der Waals surface area contributed by atoms with Gasteiger partial charge in [0, 0.05) is 17.0 Å². The van der Waals surface area contributed by atoms with Gasteiger partial charge in [0.1, 0.15) is 0 Å². The lowest BCUT2D eigenvalue weighted by molar-refractivity contribution is 0.494. The second-order valence-corrected chi connectivity index (χ2v) is 6.81. The molecule has 0 amide bonds. The lowest BCUT2D eigenvalue weighted by Gasteiger charge is -2.23. The summed E-state index contributed by atoms with van der Waals surface area (Å²) in [6.07, 6.45) is 12.8. The number of hydrazine groups is 1. The lowest BCUT2D eigenvalue weighted by atomic mass is 10.0. The van der Waals surface area contributed by atoms with Crippen LogP contribution in [0.3, 0.4) is 0 Å². The minimum absolute atomic E-state index is 0.549. The van der Waals surface area contributed by atoms with E-state index in [1.54, 1.807) is 0 Å². The van der Waals surface area contributed by atoms with E-state index in [2.05, 4.69) is 17.2 Å². The summed E-state index contributed by atoms with van der Waals surface area (Å²) in [5.41, 5.74) is 3.00. The fourth-order valence-electron chi connectivity index (χ4n) is 2.54. The predicted octanol–water partition coefficient (Wildman–Crippen LogP) is 3.07. The van der Waals surface area contributed by atoms with E-state index in [0.717, 1.165) is 11.2 Å². The highest BCUT2D eigenvalue weighted by Gasteiger charge is 2.23. The van der Waals surface area contributed by atoms with Crippen LogP contribution < -0.4 is 11.3 Å². The van der Waals surface area contributed by atoms with Crippen molar-refractivity contribution in [2.75, 3.05) is 5.75 Å². The summed E-state index contributed by atoms with van der Waals surface area (Å²) >= 11 is 2.16. The molecule has 2 rings (SSSR count). The zero-order chi connectivity index (χ0) is 11.2. The molecule has 2 aliphatic carbocycles. The summed E-state index contributed by atoms with van der Waals surface area (Å²) in [4.78, 5) is 0. The van der Waals surface area contributed by atoms with Crippen molar-refractivity contribution in [1.82, 2.24) is 5.43 Å². The van der Waals surface area contributed by atoms with Crippen molar-refractivity contribution < 1.29 is 0 Å². The summed E-state index contributed by atoms with van der Waals surface area (Å²) in [6, 6.07) is 0.549. The monoisotopic (exact) mass is 242 g/mol. The molecule has 0 radical (unpaired) electrons. The molecule has 1 atom stereocenters. The van der Waals surface area contributed by atoms with Gasteiger partial charge in [0.05, 0.1) is 0 Å². The van der Waals surface area contributed by atoms with Gasteiger partial charge in [-0.1, -0.05) is 32.1 Å². The average Bonchev–Trinajstić information content (AvgIpc) is 3.15. The number of nitrogens with two attached hydrogens (primary N) is 1. The Morgan fingerprint density at radius 3 is 2.50 bits per heavy atom. The SMILES string of the molecule is NNC(CCC1CC1)CSC1CCCCC1. The average molecular weight is 242 g/mol. The fourth-order valence-corrected chi connectivity index (χ4v) is 3.98. The third-order valence-corrected chi connectivity index (χ3v) is 5.48. The van der Waals surface area contributed by atoms with Crippen LogP contribution in [0.4, 0.5) is 0 Å². The van der Waals surface area contributed by atoms with Crippen LogP contribution in [0.2, 0.25) is 0 Å². The predicted molar refractivity (Wildman–Crippen MR) is 72.4 cm³/mol. The van der Waals surface area contributed by atoms with Crippen LogP contribution in [0.15, 0.2) is 0 Å². The molecule has 0 aromatic rings. The van der Waals surface area contributed by atoms with Gasteiger partial charge in [-0.25, -0.2) is 0 Å². The van der Waals surface area contributed by atoms with Gasteiger partial charge in [0.2, 0.25) is 0 Å². The van der Waals surface area contributed by atoms with Crippen LogP contribution in [-0.2, 0) is 0 Å². The fraction of sp³-hybridized carbons (Fsp3) is 1.00. The summed E-state index contributed by atoms with van der Waals surface area (Å²) in [7, 11) is 0. The molecule has 0 aliphatic heterocycles. The van der Waals surface area contributed by atoms with Crippen molar-refractivity contribution in [1.29, 1.82) is 0 Å². The van der Waals surface area contributed by atoms with E-state index in [-0.39, 0.29) is 0 Å². The Balaban J connectivity index is 1.57. The highest BCUT2D eigenvalue weighted by atomic mass is 32.2. The van der Waals surface area contributed by atoms with Crippen molar-refractivity contribution >= 4 is 11.8 Å². The van der Waals surface area contributed by atoms with Gasteiger partial charge in [-0.3, -0.25) is 11.3 Å². The summed E-state index contributed by atoms with van der Waals surface area (Å²) in [6.45, 7) is 0. The van der Waals surface area contributed by atoms with Crippen LogP contribution in [0, 0.1) is 5.92 Å². The Morgan fingerprint density at radius 2 is 1.88 bits per heavy atom. The minimum atomic E-state index is 0.549. The van der Waals surface area contributed by atoms with Crippen molar-refractivity contribution in [2.45, 2.75) is 69.1 Å². The zero-order valence-corrected chi connectivity index (χ0v) is 11.1. The minimum Gasteiger partial charge on any atom is -0.271 e. The van der Waals surface area contributed by atoms with Crippen LogP contribution in [0.1, 0.15) is 57.8 Å². The molecule has 3 heteroatoms. The van der Waals surface area contributed by atoms with Gasteiger partial charge in [0.15, 0.2) is 0 Å². The molecule has 16 heavy (non-hydrogen) atoms. The molecule has 0 saturated heterocycles. The molecule has 2 saturated carbocycles. The zero-order valence-electron chi connectivity index (χ0n) is 10.3. The first-order valence-electron chi connectivity index (χ1n) is 6.96. The molecule has 0 spiro atoms. The van der Waals surface area contributed by atoms with Gasteiger partial charge in [-0.05, 0) is 31.6 Å². The Labute approximate surface area is 104 Å². The third-order valence-electron chi connectivity index (χ3n) is 3.94. The first kappa shape index (κ1) is 12.7. The van der Waals surface area contributed by atoms with Gasteiger partial charge in [-0.15, -0.1) is 0 Å². The molecule has 2 nitrogen and oxygen atoms in total. The molecule has 0 aromatic heterocycles. The number of rotatable bonds is 7. The number of thioether (sulfide) groups is 1.